The summed E-state index contributed by atoms with van der Waals surface area (Å²) in [5.41, 5.74) is 7.62. The van der Waals surface area contributed by atoms with Crippen LogP contribution in [0.2, 0.25) is 5.02 Å². The summed E-state index contributed by atoms with van der Waals surface area (Å²) in [6, 6.07) is 10.1. The third-order valence-corrected chi connectivity index (χ3v) is 5.53. The number of hydrogen-bond donors (Lipinski definition) is 1. The normalized spacial score (nSPS) is 30.1. The lowest BCUT2D eigenvalue weighted by Crippen LogP contribution is -2.44. The average Bonchev–Trinajstić information content (AvgIpc) is 2.68. The molecule has 4 atom stereocenters. The molecule has 2 bridgehead atoms. The smallest absolute Gasteiger partial charge is 0.0497 e. The number of nitrogens with two attached hydrogens (primary N) is 1. The summed E-state index contributed by atoms with van der Waals surface area (Å²) in [5, 5.41) is 0.789. The number of hydrogen-bond acceptors (Lipinski definition) is 3. The predicted molar refractivity (Wildman–Crippen MR) is 88.6 cm³/mol. The summed E-state index contributed by atoms with van der Waals surface area (Å²) < 4.78 is 0. The summed E-state index contributed by atoms with van der Waals surface area (Å²) in [5.74, 6) is 0. The van der Waals surface area contributed by atoms with Gasteiger partial charge in [-0.1, -0.05) is 23.7 Å². The molecule has 0 spiro atoms. The summed E-state index contributed by atoms with van der Waals surface area (Å²) in [7, 11) is 2.29. The molecular weight excluding hydrogens is 282 g/mol. The highest BCUT2D eigenvalue weighted by Gasteiger charge is 2.37. The first-order chi connectivity index (χ1) is 10.1. The number of likely N-dealkylation sites (tertiary alicyclic amines) is 1. The summed E-state index contributed by atoms with van der Waals surface area (Å²) in [4.78, 5) is 5.17. The van der Waals surface area contributed by atoms with Crippen molar-refractivity contribution in [3.05, 3.63) is 34.9 Å². The molecule has 3 rings (SSSR count). The molecule has 0 radical (unpaired) electrons. The molecule has 0 aliphatic carbocycles. The first-order valence-corrected chi connectivity index (χ1v) is 8.41. The number of rotatable bonds is 3. The SMILES string of the molecule is CC(N)C(c1ccc(Cl)cc1)N1CCC2CCC(C1)N2C. The standard InChI is InChI=1S/C17H26ClN3/c1-12(19)17(13-3-5-14(18)6-4-13)21-10-9-15-7-8-16(11-21)20(15)2/h3-6,12,15-17H,7-11,19H2,1-2H3. The Morgan fingerprint density at radius 1 is 1.14 bits per heavy atom. The Morgan fingerprint density at radius 3 is 2.48 bits per heavy atom. The van der Waals surface area contributed by atoms with Gasteiger partial charge >= 0.3 is 0 Å². The fraction of sp³-hybridized carbons (Fsp3) is 0.647. The molecular formula is C17H26ClN3. The van der Waals surface area contributed by atoms with Crippen molar-refractivity contribution >= 4 is 11.6 Å². The van der Waals surface area contributed by atoms with Crippen molar-refractivity contribution < 1.29 is 0 Å². The van der Waals surface area contributed by atoms with Gasteiger partial charge in [0.1, 0.15) is 0 Å². The molecule has 1 aromatic rings. The van der Waals surface area contributed by atoms with Crippen LogP contribution in [-0.4, -0.2) is 48.1 Å². The lowest BCUT2D eigenvalue weighted by Gasteiger charge is -2.36. The second-order valence-corrected chi connectivity index (χ2v) is 7.13. The summed E-state index contributed by atoms with van der Waals surface area (Å²) >= 11 is 6.03. The van der Waals surface area contributed by atoms with Gasteiger partial charge in [0.15, 0.2) is 0 Å². The average molecular weight is 308 g/mol. The Bertz CT molecular complexity index is 473. The third-order valence-electron chi connectivity index (χ3n) is 5.28. The number of fused-ring (bicyclic) bond motifs is 2. The summed E-state index contributed by atoms with van der Waals surface area (Å²) in [6.45, 7) is 4.38. The van der Waals surface area contributed by atoms with Crippen LogP contribution in [0.1, 0.15) is 37.8 Å². The van der Waals surface area contributed by atoms with E-state index in [-0.39, 0.29) is 12.1 Å². The van der Waals surface area contributed by atoms with Crippen LogP contribution in [0.15, 0.2) is 24.3 Å². The van der Waals surface area contributed by atoms with E-state index in [9.17, 15) is 0 Å². The van der Waals surface area contributed by atoms with Crippen LogP contribution in [-0.2, 0) is 0 Å². The van der Waals surface area contributed by atoms with Crippen LogP contribution in [0.3, 0.4) is 0 Å². The fourth-order valence-electron chi connectivity index (χ4n) is 4.09. The number of likely N-dealkylation sites (N-methyl/N-ethyl adjacent to an activating group) is 1. The van der Waals surface area contributed by atoms with Crippen molar-refractivity contribution in [3.63, 3.8) is 0 Å². The quantitative estimate of drug-likeness (QED) is 0.932. The van der Waals surface area contributed by atoms with Crippen LogP contribution >= 0.6 is 11.6 Å². The second-order valence-electron chi connectivity index (χ2n) is 6.69. The molecule has 2 saturated heterocycles. The van der Waals surface area contributed by atoms with E-state index in [1.54, 1.807) is 0 Å². The molecule has 3 nitrogen and oxygen atoms in total. The van der Waals surface area contributed by atoms with Crippen molar-refractivity contribution in [1.82, 2.24) is 9.80 Å². The molecule has 21 heavy (non-hydrogen) atoms. The van der Waals surface area contributed by atoms with E-state index in [4.69, 9.17) is 17.3 Å². The topological polar surface area (TPSA) is 32.5 Å². The van der Waals surface area contributed by atoms with E-state index in [0.717, 1.165) is 24.2 Å². The van der Waals surface area contributed by atoms with Gasteiger partial charge in [-0.05, 0) is 50.9 Å². The lowest BCUT2D eigenvalue weighted by molar-refractivity contribution is 0.155. The van der Waals surface area contributed by atoms with Gasteiger partial charge in [-0.25, -0.2) is 0 Å². The number of nitrogens with zero attached hydrogens (tertiary/aromatic N) is 2. The summed E-state index contributed by atoms with van der Waals surface area (Å²) in [6.07, 6.45) is 3.94. The Kier molecular flexibility index (Phi) is 4.55. The maximum atomic E-state index is 6.33. The van der Waals surface area contributed by atoms with Crippen molar-refractivity contribution in [2.24, 2.45) is 5.73 Å². The monoisotopic (exact) mass is 307 g/mol. The van der Waals surface area contributed by atoms with Crippen LogP contribution in [0.25, 0.3) is 0 Å². The molecule has 4 unspecified atom stereocenters. The first kappa shape index (κ1) is 15.3. The molecule has 0 amide bonds. The minimum absolute atomic E-state index is 0.119. The predicted octanol–water partition coefficient (Wildman–Crippen LogP) is 2.90. The first-order valence-electron chi connectivity index (χ1n) is 8.03. The van der Waals surface area contributed by atoms with Gasteiger partial charge < -0.3 is 5.73 Å². The van der Waals surface area contributed by atoms with E-state index < -0.39 is 0 Å². The van der Waals surface area contributed by atoms with E-state index in [1.165, 1.54) is 24.8 Å². The number of halogens is 1. The zero-order valence-corrected chi connectivity index (χ0v) is 13.8. The molecule has 116 valence electrons. The molecule has 2 aliphatic rings. The molecule has 4 heteroatoms. The Hall–Kier alpha value is -0.610. The van der Waals surface area contributed by atoms with Crippen LogP contribution in [0.4, 0.5) is 0 Å². The van der Waals surface area contributed by atoms with Gasteiger partial charge in [-0.2, -0.15) is 0 Å². The molecule has 0 aromatic heterocycles. The van der Waals surface area contributed by atoms with Gasteiger partial charge in [0.25, 0.3) is 0 Å². The molecule has 2 fully saturated rings. The van der Waals surface area contributed by atoms with E-state index in [1.807, 2.05) is 12.1 Å². The van der Waals surface area contributed by atoms with E-state index in [2.05, 4.69) is 35.9 Å². The van der Waals surface area contributed by atoms with Crippen molar-refractivity contribution in [3.8, 4) is 0 Å². The maximum Gasteiger partial charge on any atom is 0.0497 e. The highest BCUT2D eigenvalue weighted by atomic mass is 35.5. The lowest BCUT2D eigenvalue weighted by atomic mass is 9.97. The van der Waals surface area contributed by atoms with Crippen molar-refractivity contribution in [2.45, 2.75) is 50.4 Å². The second kappa shape index (κ2) is 6.25. The Balaban J connectivity index is 1.82. The minimum atomic E-state index is 0.119. The maximum absolute atomic E-state index is 6.33. The van der Waals surface area contributed by atoms with Crippen molar-refractivity contribution in [1.29, 1.82) is 0 Å². The van der Waals surface area contributed by atoms with Gasteiger partial charge in [-0.3, -0.25) is 9.80 Å². The molecule has 0 saturated carbocycles. The van der Waals surface area contributed by atoms with Crippen molar-refractivity contribution in [2.75, 3.05) is 20.1 Å². The van der Waals surface area contributed by atoms with Crippen LogP contribution < -0.4 is 5.73 Å². The molecule has 1 aromatic carbocycles. The van der Waals surface area contributed by atoms with E-state index >= 15 is 0 Å². The Labute approximate surface area is 133 Å². The number of benzene rings is 1. The van der Waals surface area contributed by atoms with Crippen LogP contribution in [0.5, 0.6) is 0 Å². The largest absolute Gasteiger partial charge is 0.326 e. The zero-order valence-electron chi connectivity index (χ0n) is 13.0. The Morgan fingerprint density at radius 2 is 1.81 bits per heavy atom. The highest BCUT2D eigenvalue weighted by Crippen LogP contribution is 2.33. The fourth-order valence-corrected chi connectivity index (χ4v) is 4.22. The zero-order chi connectivity index (χ0) is 15.0. The molecule has 2 aliphatic heterocycles. The van der Waals surface area contributed by atoms with Gasteiger partial charge in [-0.15, -0.1) is 0 Å². The third kappa shape index (κ3) is 3.11. The van der Waals surface area contributed by atoms with Crippen LogP contribution in [0, 0.1) is 0 Å². The van der Waals surface area contributed by atoms with Gasteiger partial charge in [0.05, 0.1) is 0 Å². The molecule has 2 N–H and O–H groups in total. The molecule has 2 heterocycles. The van der Waals surface area contributed by atoms with Gasteiger partial charge in [0.2, 0.25) is 0 Å². The highest BCUT2D eigenvalue weighted by molar-refractivity contribution is 6.30. The van der Waals surface area contributed by atoms with Gasteiger partial charge in [0, 0.05) is 42.3 Å². The van der Waals surface area contributed by atoms with E-state index in [0.29, 0.717) is 6.04 Å². The minimum Gasteiger partial charge on any atom is -0.326 e.